The van der Waals surface area contributed by atoms with E-state index in [2.05, 4.69) is 46.4 Å². The molecule has 3 rings (SSSR count). The zero-order valence-electron chi connectivity index (χ0n) is 12.4. The van der Waals surface area contributed by atoms with Crippen LogP contribution in [0.4, 0.5) is 17.1 Å². The van der Waals surface area contributed by atoms with Crippen LogP contribution in [-0.4, -0.2) is 20.6 Å². The lowest BCUT2D eigenvalue weighted by Crippen LogP contribution is -1.97. The number of hydrogen-bond acceptors (Lipinski definition) is 5. The highest BCUT2D eigenvalue weighted by atomic mass is 127. The Morgan fingerprint density at radius 3 is 2.65 bits per heavy atom. The van der Waals surface area contributed by atoms with Crippen LogP contribution in [-0.2, 0) is 0 Å². The van der Waals surface area contributed by atoms with Gasteiger partial charge in [0.05, 0.1) is 23.4 Å². The molecule has 2 aromatic heterocycles. The number of anilines is 3. The van der Waals surface area contributed by atoms with Crippen molar-refractivity contribution in [1.82, 2.24) is 14.3 Å². The van der Waals surface area contributed by atoms with Crippen molar-refractivity contribution in [2.24, 2.45) is 0 Å². The summed E-state index contributed by atoms with van der Waals surface area (Å²) in [6.45, 7) is 1.98. The van der Waals surface area contributed by atoms with Crippen molar-refractivity contribution >= 4 is 80.2 Å². The molecule has 0 spiro atoms. The highest BCUT2D eigenvalue weighted by Gasteiger charge is 2.14. The van der Waals surface area contributed by atoms with Gasteiger partial charge in [-0.25, -0.2) is 9.97 Å². The van der Waals surface area contributed by atoms with Gasteiger partial charge >= 0.3 is 0 Å². The maximum atomic E-state index is 6.22. The van der Waals surface area contributed by atoms with Crippen LogP contribution in [0, 0.1) is 6.92 Å². The minimum Gasteiger partial charge on any atom is -0.352 e. The molecule has 0 aliphatic heterocycles. The van der Waals surface area contributed by atoms with E-state index >= 15 is 0 Å². The fourth-order valence-electron chi connectivity index (χ4n) is 2.26. The SMILES string of the molecule is CSNc1ccccc1Nc1cc(Cl)nc2c1nc(C)n2PI. The predicted molar refractivity (Wildman–Crippen MR) is 112 cm³/mol. The Morgan fingerprint density at radius 1 is 1.22 bits per heavy atom. The van der Waals surface area contributed by atoms with Crippen molar-refractivity contribution in [3.05, 3.63) is 41.3 Å². The lowest BCUT2D eigenvalue weighted by atomic mass is 10.2. The van der Waals surface area contributed by atoms with Crippen molar-refractivity contribution in [3.8, 4) is 0 Å². The molecule has 0 aliphatic carbocycles. The number of imidazole rings is 1. The van der Waals surface area contributed by atoms with E-state index in [1.54, 1.807) is 11.9 Å². The molecule has 0 aliphatic rings. The van der Waals surface area contributed by atoms with E-state index in [9.17, 15) is 0 Å². The van der Waals surface area contributed by atoms with Gasteiger partial charge in [-0.2, -0.15) is 0 Å². The smallest absolute Gasteiger partial charge is 0.167 e. The summed E-state index contributed by atoms with van der Waals surface area (Å²) >= 11 is 10.1. The van der Waals surface area contributed by atoms with Crippen LogP contribution in [0.15, 0.2) is 30.3 Å². The normalized spacial score (nSPS) is 11.5. The Morgan fingerprint density at radius 2 is 1.96 bits per heavy atom. The number of halogens is 2. The molecule has 0 radical (unpaired) electrons. The minimum absolute atomic E-state index is 0.450. The Bertz CT molecular complexity index is 857. The van der Waals surface area contributed by atoms with Crippen molar-refractivity contribution in [1.29, 1.82) is 0 Å². The highest BCUT2D eigenvalue weighted by molar-refractivity contribution is 14.2. The van der Waals surface area contributed by atoms with Crippen molar-refractivity contribution in [2.75, 3.05) is 16.3 Å². The quantitative estimate of drug-likeness (QED) is 0.216. The van der Waals surface area contributed by atoms with Gasteiger partial charge in [-0.15, -0.1) is 0 Å². The van der Waals surface area contributed by atoms with E-state index in [1.807, 2.05) is 43.5 Å². The number of nitrogens with zero attached hydrogens (tertiary/aromatic N) is 3. The Hall–Kier alpha value is -0.760. The molecule has 1 unspecified atom stereocenters. The molecule has 120 valence electrons. The molecule has 5 nitrogen and oxygen atoms in total. The highest BCUT2D eigenvalue weighted by Crippen LogP contribution is 2.36. The molecular weight excluding hydrogens is 464 g/mol. The molecule has 1 aromatic carbocycles. The summed E-state index contributed by atoms with van der Waals surface area (Å²) < 4.78 is 5.34. The van der Waals surface area contributed by atoms with E-state index < -0.39 is 0 Å². The molecule has 0 saturated heterocycles. The molecule has 0 saturated carbocycles. The molecule has 0 amide bonds. The first-order chi connectivity index (χ1) is 11.1. The van der Waals surface area contributed by atoms with Gasteiger partial charge in [-0.05, 0) is 41.1 Å². The van der Waals surface area contributed by atoms with Gasteiger partial charge in [-0.1, -0.05) is 35.7 Å². The van der Waals surface area contributed by atoms with Gasteiger partial charge in [0.25, 0.3) is 0 Å². The number of pyridine rings is 1. The second kappa shape index (κ2) is 7.42. The van der Waals surface area contributed by atoms with E-state index in [4.69, 9.17) is 11.6 Å². The third-order valence-electron chi connectivity index (χ3n) is 3.25. The largest absolute Gasteiger partial charge is 0.352 e. The predicted octanol–water partition coefficient (Wildman–Crippen LogP) is 5.62. The number of fused-ring (bicyclic) bond motifs is 1. The van der Waals surface area contributed by atoms with Crippen LogP contribution >= 0.6 is 52.0 Å². The van der Waals surface area contributed by atoms with Gasteiger partial charge in [0.2, 0.25) is 0 Å². The summed E-state index contributed by atoms with van der Waals surface area (Å²) in [6, 6.07) is 9.84. The van der Waals surface area contributed by atoms with Crippen LogP contribution in [0.1, 0.15) is 5.82 Å². The molecule has 9 heteroatoms. The molecule has 3 aromatic rings. The summed E-state index contributed by atoms with van der Waals surface area (Å²) in [5, 5.41) is 3.88. The van der Waals surface area contributed by atoms with E-state index in [-0.39, 0.29) is 0 Å². The first kappa shape index (κ1) is 17.1. The monoisotopic (exact) mass is 477 g/mol. The summed E-state index contributed by atoms with van der Waals surface area (Å²) in [5.41, 5.74) is 4.46. The topological polar surface area (TPSA) is 54.8 Å². The average Bonchev–Trinajstić information content (AvgIpc) is 2.85. The zero-order valence-corrected chi connectivity index (χ0v) is 17.1. The van der Waals surface area contributed by atoms with E-state index in [0.29, 0.717) is 11.5 Å². The molecular formula is C14H14ClIN5PS. The molecule has 23 heavy (non-hydrogen) atoms. The first-order valence-electron chi connectivity index (χ1n) is 6.71. The number of para-hydroxylation sites is 2. The number of aromatic nitrogens is 3. The van der Waals surface area contributed by atoms with Gasteiger partial charge < -0.3 is 10.0 Å². The van der Waals surface area contributed by atoms with Crippen LogP contribution in [0.25, 0.3) is 11.2 Å². The Kier molecular flexibility index (Phi) is 5.51. The Labute approximate surface area is 158 Å². The zero-order chi connectivity index (χ0) is 16.4. The molecule has 0 bridgehead atoms. The van der Waals surface area contributed by atoms with Gasteiger partial charge in [0, 0.05) is 12.3 Å². The van der Waals surface area contributed by atoms with Crippen LogP contribution in [0.2, 0.25) is 5.15 Å². The van der Waals surface area contributed by atoms with Crippen LogP contribution in [0.5, 0.6) is 0 Å². The molecule has 1 atom stereocenters. The summed E-state index contributed by atoms with van der Waals surface area (Å²) in [5.74, 6) is 0.932. The third-order valence-corrected chi connectivity index (χ3v) is 6.01. The number of benzene rings is 1. The fourth-order valence-corrected chi connectivity index (χ4v) is 4.99. The summed E-state index contributed by atoms with van der Waals surface area (Å²) in [6.07, 6.45) is 2.52. The van der Waals surface area contributed by atoms with E-state index in [1.165, 1.54) is 0 Å². The van der Waals surface area contributed by atoms with Crippen molar-refractivity contribution < 1.29 is 0 Å². The van der Waals surface area contributed by atoms with Crippen LogP contribution < -0.4 is 10.0 Å². The maximum absolute atomic E-state index is 6.22. The molecule has 0 fully saturated rings. The third kappa shape index (κ3) is 3.52. The second-order valence-corrected chi connectivity index (χ2v) is 7.78. The Balaban J connectivity index is 2.10. The number of nitrogens with one attached hydrogen (secondary N) is 2. The number of rotatable bonds is 5. The van der Waals surface area contributed by atoms with Crippen molar-refractivity contribution in [3.63, 3.8) is 0 Å². The number of aryl methyl sites for hydroxylation is 1. The summed E-state index contributed by atoms with van der Waals surface area (Å²) in [7, 11) is 0. The van der Waals surface area contributed by atoms with Gasteiger partial charge in [-0.3, -0.25) is 4.34 Å². The maximum Gasteiger partial charge on any atom is 0.167 e. The second-order valence-electron chi connectivity index (χ2n) is 4.72. The van der Waals surface area contributed by atoms with E-state index in [0.717, 1.165) is 34.1 Å². The molecule has 2 N–H and O–H groups in total. The molecule has 2 heterocycles. The number of hydrogen-bond donors (Lipinski definition) is 2. The average molecular weight is 478 g/mol. The van der Waals surface area contributed by atoms with Gasteiger partial charge in [0.15, 0.2) is 5.65 Å². The van der Waals surface area contributed by atoms with Crippen LogP contribution in [0.3, 0.4) is 0 Å². The standard InChI is InChI=1S/C14H14ClIN5PS/c1-8-17-13-11(7-12(15)19-14(13)21(8)22-16)18-9-5-3-4-6-10(9)20-23-2/h3-7,20,22H,1-2H3,(H,18,19). The minimum atomic E-state index is 0.450. The van der Waals surface area contributed by atoms with Gasteiger partial charge in [0.1, 0.15) is 16.5 Å². The summed E-state index contributed by atoms with van der Waals surface area (Å²) in [4.78, 5) is 9.09. The fraction of sp³-hybridized carbons (Fsp3) is 0.143. The lowest BCUT2D eigenvalue weighted by Gasteiger charge is -2.13. The first-order valence-corrected chi connectivity index (χ1v) is 12.4. The van der Waals surface area contributed by atoms with Crippen molar-refractivity contribution in [2.45, 2.75) is 6.92 Å². The lowest BCUT2D eigenvalue weighted by molar-refractivity contribution is 1.10.